The Morgan fingerprint density at radius 2 is 1.95 bits per heavy atom. The Bertz CT molecular complexity index is 1440. The van der Waals surface area contributed by atoms with Crippen LogP contribution in [-0.4, -0.2) is 44.3 Å². The van der Waals surface area contributed by atoms with E-state index in [1.54, 1.807) is 6.92 Å². The molecule has 3 aromatic rings. The van der Waals surface area contributed by atoms with E-state index >= 15 is 0 Å². The van der Waals surface area contributed by atoms with Crippen molar-refractivity contribution in [3.63, 3.8) is 0 Å². The van der Waals surface area contributed by atoms with Gasteiger partial charge in [0.2, 0.25) is 5.91 Å². The molecule has 2 aliphatic rings. The molecule has 37 heavy (non-hydrogen) atoms. The zero-order chi connectivity index (χ0) is 26.3. The third-order valence-electron chi connectivity index (χ3n) is 7.62. The van der Waals surface area contributed by atoms with Crippen LogP contribution in [0.2, 0.25) is 0 Å². The van der Waals surface area contributed by atoms with Gasteiger partial charge in [-0.15, -0.1) is 0 Å². The molecule has 0 saturated carbocycles. The molecule has 1 saturated heterocycles. The molecule has 3 N–H and O–H groups in total. The number of benzene rings is 1. The average molecular weight is 499 g/mol. The van der Waals surface area contributed by atoms with E-state index < -0.39 is 0 Å². The number of allylic oxidation sites excluding steroid dienone is 2. The van der Waals surface area contributed by atoms with Crippen LogP contribution in [0.15, 0.2) is 42.8 Å². The first-order valence-electron chi connectivity index (χ1n) is 12.9. The van der Waals surface area contributed by atoms with Crippen LogP contribution in [0, 0.1) is 12.8 Å². The molecule has 0 radical (unpaired) electrons. The summed E-state index contributed by atoms with van der Waals surface area (Å²) in [6, 6.07) is 5.89. The van der Waals surface area contributed by atoms with Crippen molar-refractivity contribution in [2.75, 3.05) is 24.1 Å². The SMILES string of the molecule is C=C(C)C(=O)Nc1ccc(-c2c(C3=CCC(C(=O)N4CCCC4)CC3)c3c(N)ncnc3n2C)c(C)c1. The smallest absolute Gasteiger partial charge is 0.250 e. The molecule has 3 heterocycles. The lowest BCUT2D eigenvalue weighted by Gasteiger charge is -2.26. The molecule has 0 bridgehead atoms. The number of nitrogens with one attached hydrogen (secondary N) is 1. The Balaban J connectivity index is 1.56. The Kier molecular flexibility index (Phi) is 6.58. The van der Waals surface area contributed by atoms with Gasteiger partial charge in [0.05, 0.1) is 11.1 Å². The Labute approximate surface area is 217 Å². The summed E-state index contributed by atoms with van der Waals surface area (Å²) in [5.74, 6) is 0.566. The van der Waals surface area contributed by atoms with Crippen molar-refractivity contribution in [1.82, 2.24) is 19.4 Å². The van der Waals surface area contributed by atoms with E-state index in [-0.39, 0.29) is 17.7 Å². The maximum atomic E-state index is 13.0. The summed E-state index contributed by atoms with van der Waals surface area (Å²) < 4.78 is 2.07. The summed E-state index contributed by atoms with van der Waals surface area (Å²) >= 11 is 0. The van der Waals surface area contributed by atoms with E-state index in [9.17, 15) is 9.59 Å². The van der Waals surface area contributed by atoms with Gasteiger partial charge >= 0.3 is 0 Å². The highest BCUT2D eigenvalue weighted by Crippen LogP contribution is 2.44. The number of fused-ring (bicyclic) bond motifs is 1. The first-order chi connectivity index (χ1) is 17.8. The fraction of sp³-hybridized carbons (Fsp3) is 0.379. The van der Waals surface area contributed by atoms with E-state index in [0.717, 1.165) is 78.6 Å². The maximum absolute atomic E-state index is 13.0. The second-order valence-electron chi connectivity index (χ2n) is 10.2. The molecular formula is C29H34N6O2. The van der Waals surface area contributed by atoms with Crippen LogP contribution in [0.4, 0.5) is 11.5 Å². The minimum Gasteiger partial charge on any atom is -0.383 e. The molecule has 1 fully saturated rings. The van der Waals surface area contributed by atoms with Gasteiger partial charge in [-0.05, 0) is 69.2 Å². The molecule has 2 amide bonds. The summed E-state index contributed by atoms with van der Waals surface area (Å²) in [4.78, 5) is 36.0. The Morgan fingerprint density at radius 1 is 1.19 bits per heavy atom. The van der Waals surface area contributed by atoms with Gasteiger partial charge in [0.1, 0.15) is 17.8 Å². The minimum atomic E-state index is -0.203. The number of rotatable bonds is 5. The average Bonchev–Trinajstić information content (AvgIpc) is 3.52. The van der Waals surface area contributed by atoms with Crippen molar-refractivity contribution < 1.29 is 9.59 Å². The van der Waals surface area contributed by atoms with Crippen molar-refractivity contribution in [3.05, 3.63) is 53.9 Å². The van der Waals surface area contributed by atoms with Crippen molar-refractivity contribution in [3.8, 4) is 11.3 Å². The van der Waals surface area contributed by atoms with E-state index in [1.807, 2.05) is 37.1 Å². The van der Waals surface area contributed by atoms with Crippen LogP contribution in [-0.2, 0) is 16.6 Å². The van der Waals surface area contributed by atoms with E-state index in [1.165, 1.54) is 11.9 Å². The third-order valence-corrected chi connectivity index (χ3v) is 7.62. The highest BCUT2D eigenvalue weighted by atomic mass is 16.2. The summed E-state index contributed by atoms with van der Waals surface area (Å²) in [7, 11) is 1.99. The molecule has 1 aliphatic heterocycles. The normalized spacial score (nSPS) is 17.6. The zero-order valence-electron chi connectivity index (χ0n) is 21.8. The van der Waals surface area contributed by atoms with Crippen molar-refractivity contribution in [2.45, 2.75) is 46.0 Å². The van der Waals surface area contributed by atoms with Crippen LogP contribution >= 0.6 is 0 Å². The lowest BCUT2D eigenvalue weighted by molar-refractivity contribution is -0.134. The molecule has 2 aromatic heterocycles. The van der Waals surface area contributed by atoms with E-state index in [4.69, 9.17) is 5.73 Å². The van der Waals surface area contributed by atoms with Crippen LogP contribution in [0.25, 0.3) is 27.9 Å². The standard InChI is InChI=1S/C29H34N6O2/c1-17(2)28(36)33-21-11-12-22(18(3)15-21)25-23(24-26(30)31-16-32-27(24)34(25)4)19-7-9-20(10-8-19)29(37)35-13-5-6-14-35/h7,11-12,15-16,20H,1,5-6,8-10,13-14H2,2-4H3,(H,33,36)(H2,30,31,32). The molecule has 1 atom stereocenters. The van der Waals surface area contributed by atoms with Gasteiger partial charge in [-0.25, -0.2) is 9.97 Å². The van der Waals surface area contributed by atoms with Crippen LogP contribution < -0.4 is 11.1 Å². The van der Waals surface area contributed by atoms with Gasteiger partial charge in [0, 0.05) is 48.4 Å². The summed E-state index contributed by atoms with van der Waals surface area (Å²) in [6.45, 7) is 9.20. The van der Waals surface area contributed by atoms with Gasteiger partial charge in [0.15, 0.2) is 0 Å². The number of carbonyl (C=O) groups is 2. The van der Waals surface area contributed by atoms with E-state index in [0.29, 0.717) is 17.1 Å². The number of nitrogens with zero attached hydrogens (tertiary/aromatic N) is 4. The molecule has 1 aromatic carbocycles. The molecule has 8 heteroatoms. The van der Waals surface area contributed by atoms with E-state index in [2.05, 4.69) is 32.5 Å². The fourth-order valence-electron chi connectivity index (χ4n) is 5.63. The van der Waals surface area contributed by atoms with Crippen LogP contribution in [0.5, 0.6) is 0 Å². The molecular weight excluding hydrogens is 464 g/mol. The second-order valence-corrected chi connectivity index (χ2v) is 10.2. The predicted octanol–water partition coefficient (Wildman–Crippen LogP) is 4.85. The zero-order valence-corrected chi connectivity index (χ0v) is 21.8. The number of nitrogens with two attached hydrogens (primary N) is 1. The quantitative estimate of drug-likeness (QED) is 0.489. The molecule has 8 nitrogen and oxygen atoms in total. The first kappa shape index (κ1) is 24.7. The largest absolute Gasteiger partial charge is 0.383 e. The Morgan fingerprint density at radius 3 is 2.59 bits per heavy atom. The number of nitrogen functional groups attached to an aromatic ring is 1. The third kappa shape index (κ3) is 4.52. The highest BCUT2D eigenvalue weighted by molar-refractivity contribution is 6.05. The number of amides is 2. The number of carbonyl (C=O) groups excluding carboxylic acids is 2. The summed E-state index contributed by atoms with van der Waals surface area (Å²) in [5.41, 5.74) is 13.6. The molecule has 0 spiro atoms. The molecule has 192 valence electrons. The number of anilines is 2. The van der Waals surface area contributed by atoms with Gasteiger partial charge in [-0.3, -0.25) is 9.59 Å². The lowest BCUT2D eigenvalue weighted by atomic mass is 9.84. The van der Waals surface area contributed by atoms with Gasteiger partial charge in [-0.2, -0.15) is 0 Å². The Hall–Kier alpha value is -3.94. The lowest BCUT2D eigenvalue weighted by Crippen LogP contribution is -2.34. The van der Waals surface area contributed by atoms with Crippen molar-refractivity contribution in [1.29, 1.82) is 0 Å². The summed E-state index contributed by atoms with van der Waals surface area (Å²) in [6.07, 6.45) is 8.24. The van der Waals surface area contributed by atoms with Gasteiger partial charge < -0.3 is 20.5 Å². The number of hydrogen-bond donors (Lipinski definition) is 2. The first-order valence-corrected chi connectivity index (χ1v) is 12.9. The fourth-order valence-corrected chi connectivity index (χ4v) is 5.63. The van der Waals surface area contributed by atoms with Crippen molar-refractivity contribution >= 4 is 39.9 Å². The topological polar surface area (TPSA) is 106 Å². The van der Waals surface area contributed by atoms with Gasteiger partial charge in [-0.1, -0.05) is 18.7 Å². The number of hydrogen-bond acceptors (Lipinski definition) is 5. The van der Waals surface area contributed by atoms with Crippen LogP contribution in [0.1, 0.15) is 50.2 Å². The monoisotopic (exact) mass is 498 g/mol. The predicted molar refractivity (Wildman–Crippen MR) is 148 cm³/mol. The highest BCUT2D eigenvalue weighted by Gasteiger charge is 2.31. The van der Waals surface area contributed by atoms with Crippen molar-refractivity contribution in [2.24, 2.45) is 13.0 Å². The summed E-state index contributed by atoms with van der Waals surface area (Å²) in [5, 5.41) is 3.74. The number of aromatic nitrogens is 3. The number of likely N-dealkylation sites (tertiary alicyclic amines) is 1. The van der Waals surface area contributed by atoms with Gasteiger partial charge in [0.25, 0.3) is 5.91 Å². The second kappa shape index (κ2) is 9.84. The minimum absolute atomic E-state index is 0.0341. The molecule has 1 aliphatic carbocycles. The molecule has 1 unspecified atom stereocenters. The number of aryl methyl sites for hydroxylation is 2. The molecule has 5 rings (SSSR count). The van der Waals surface area contributed by atoms with Crippen LogP contribution in [0.3, 0.4) is 0 Å². The maximum Gasteiger partial charge on any atom is 0.250 e.